The van der Waals surface area contributed by atoms with Crippen LogP contribution >= 0.6 is 12.4 Å². The number of aryl methyl sites for hydroxylation is 1. The summed E-state index contributed by atoms with van der Waals surface area (Å²) in [5.41, 5.74) is 1.16. The van der Waals surface area contributed by atoms with Crippen LogP contribution in [-0.4, -0.2) is 32.1 Å². The Morgan fingerprint density at radius 2 is 2.05 bits per heavy atom. The molecule has 5 heteroatoms. The normalized spacial score (nSPS) is 14.4. The van der Waals surface area contributed by atoms with Gasteiger partial charge in [0.2, 0.25) is 5.91 Å². The van der Waals surface area contributed by atoms with Gasteiger partial charge in [-0.25, -0.2) is 0 Å². The number of hydrogen-bond donors (Lipinski definition) is 2. The Balaban J connectivity index is 0.00000242. The van der Waals surface area contributed by atoms with Gasteiger partial charge in [-0.3, -0.25) is 4.79 Å². The van der Waals surface area contributed by atoms with Gasteiger partial charge < -0.3 is 15.4 Å². The monoisotopic (exact) mass is 326 g/mol. The molecule has 0 saturated heterocycles. The van der Waals surface area contributed by atoms with Gasteiger partial charge in [-0.1, -0.05) is 12.1 Å². The number of halogens is 1. The summed E-state index contributed by atoms with van der Waals surface area (Å²) in [5.74, 6) is 1.04. The Morgan fingerprint density at radius 3 is 2.77 bits per heavy atom. The van der Waals surface area contributed by atoms with Crippen molar-refractivity contribution >= 4 is 18.3 Å². The van der Waals surface area contributed by atoms with Crippen LogP contribution in [0.4, 0.5) is 0 Å². The molecule has 1 fully saturated rings. The number of carbonyl (C=O) groups excluding carboxylic acids is 1. The van der Waals surface area contributed by atoms with E-state index in [1.165, 1.54) is 12.8 Å². The molecular formula is C17H27ClN2O2. The van der Waals surface area contributed by atoms with Crippen molar-refractivity contribution in [3.8, 4) is 5.75 Å². The molecule has 0 aromatic heterocycles. The highest BCUT2D eigenvalue weighted by atomic mass is 35.5. The molecule has 0 radical (unpaired) electrons. The van der Waals surface area contributed by atoms with Crippen molar-refractivity contribution in [1.82, 2.24) is 10.6 Å². The molecule has 1 amide bonds. The molecule has 2 N–H and O–H groups in total. The number of nitrogens with one attached hydrogen (secondary N) is 2. The van der Waals surface area contributed by atoms with E-state index in [1.54, 1.807) is 0 Å². The molecule has 0 atom stereocenters. The van der Waals surface area contributed by atoms with Crippen molar-refractivity contribution in [2.75, 3.05) is 20.1 Å². The lowest BCUT2D eigenvalue weighted by Crippen LogP contribution is -2.30. The second-order valence-corrected chi connectivity index (χ2v) is 5.63. The lowest BCUT2D eigenvalue weighted by atomic mass is 10.1. The molecule has 0 bridgehead atoms. The number of benzene rings is 1. The van der Waals surface area contributed by atoms with E-state index < -0.39 is 0 Å². The predicted molar refractivity (Wildman–Crippen MR) is 91.8 cm³/mol. The quantitative estimate of drug-likeness (QED) is 0.722. The van der Waals surface area contributed by atoms with Crippen molar-refractivity contribution in [2.45, 2.75) is 44.6 Å². The molecule has 0 heterocycles. The van der Waals surface area contributed by atoms with E-state index in [0.717, 1.165) is 37.1 Å². The van der Waals surface area contributed by atoms with Crippen molar-refractivity contribution in [3.63, 3.8) is 0 Å². The molecule has 0 spiro atoms. The fourth-order valence-corrected chi connectivity index (χ4v) is 2.65. The highest BCUT2D eigenvalue weighted by molar-refractivity contribution is 5.85. The fraction of sp³-hybridized carbons (Fsp3) is 0.588. The molecule has 1 aromatic carbocycles. The summed E-state index contributed by atoms with van der Waals surface area (Å²) in [6.07, 6.45) is 6.54. The molecule has 1 aromatic rings. The standard InChI is InChI=1S/C17H26N2O2.ClH/c1-18-11-12-19-17(20)10-9-14-5-4-8-16(13-14)21-15-6-2-3-7-15;/h4-5,8,13,15,18H,2-3,6-7,9-12H2,1H3,(H,19,20);1H. The highest BCUT2D eigenvalue weighted by Gasteiger charge is 2.16. The maximum atomic E-state index is 11.7. The highest BCUT2D eigenvalue weighted by Crippen LogP contribution is 2.24. The van der Waals surface area contributed by atoms with Crippen LogP contribution in [0.2, 0.25) is 0 Å². The molecule has 0 unspecified atom stereocenters. The van der Waals surface area contributed by atoms with Crippen LogP contribution in [-0.2, 0) is 11.2 Å². The van der Waals surface area contributed by atoms with E-state index in [4.69, 9.17) is 4.74 Å². The maximum absolute atomic E-state index is 11.7. The zero-order valence-electron chi connectivity index (χ0n) is 13.3. The molecule has 0 aliphatic heterocycles. The smallest absolute Gasteiger partial charge is 0.220 e. The Hall–Kier alpha value is -1.26. The van der Waals surface area contributed by atoms with Crippen LogP contribution in [0.15, 0.2) is 24.3 Å². The third-order valence-corrected chi connectivity index (χ3v) is 3.84. The summed E-state index contributed by atoms with van der Waals surface area (Å²) in [6, 6.07) is 8.15. The number of rotatable bonds is 8. The van der Waals surface area contributed by atoms with Gasteiger partial charge in [0.1, 0.15) is 5.75 Å². The van der Waals surface area contributed by atoms with Gasteiger partial charge in [-0.05, 0) is 56.8 Å². The molecule has 1 aliphatic rings. The second kappa shape index (κ2) is 10.5. The lowest BCUT2D eigenvalue weighted by molar-refractivity contribution is -0.121. The first-order chi connectivity index (χ1) is 10.3. The van der Waals surface area contributed by atoms with E-state index in [1.807, 2.05) is 19.2 Å². The maximum Gasteiger partial charge on any atom is 0.220 e. The topological polar surface area (TPSA) is 50.4 Å². The molecule has 4 nitrogen and oxygen atoms in total. The molecule has 2 rings (SSSR count). The van der Waals surface area contributed by atoms with E-state index in [9.17, 15) is 4.79 Å². The minimum absolute atomic E-state index is 0. The first-order valence-electron chi connectivity index (χ1n) is 7.95. The summed E-state index contributed by atoms with van der Waals surface area (Å²) < 4.78 is 5.99. The van der Waals surface area contributed by atoms with Crippen LogP contribution in [0.3, 0.4) is 0 Å². The molecule has 1 aliphatic carbocycles. The Labute approximate surface area is 139 Å². The lowest BCUT2D eigenvalue weighted by Gasteiger charge is -2.13. The minimum atomic E-state index is 0. The van der Waals surface area contributed by atoms with Crippen molar-refractivity contribution in [2.24, 2.45) is 0 Å². The van der Waals surface area contributed by atoms with Crippen LogP contribution in [0, 0.1) is 0 Å². The third kappa shape index (κ3) is 6.67. The fourth-order valence-electron chi connectivity index (χ4n) is 2.65. The van der Waals surface area contributed by atoms with Crippen molar-refractivity contribution < 1.29 is 9.53 Å². The van der Waals surface area contributed by atoms with E-state index in [0.29, 0.717) is 19.1 Å². The first kappa shape index (κ1) is 18.8. The van der Waals surface area contributed by atoms with Gasteiger partial charge in [0.05, 0.1) is 6.10 Å². The van der Waals surface area contributed by atoms with Gasteiger partial charge in [0, 0.05) is 19.5 Å². The molecule has 1 saturated carbocycles. The van der Waals surface area contributed by atoms with E-state index >= 15 is 0 Å². The van der Waals surface area contributed by atoms with Crippen LogP contribution in [0.5, 0.6) is 5.75 Å². The average molecular weight is 327 g/mol. The Morgan fingerprint density at radius 1 is 1.27 bits per heavy atom. The molecular weight excluding hydrogens is 300 g/mol. The Bertz CT molecular complexity index is 448. The number of hydrogen-bond acceptors (Lipinski definition) is 3. The SMILES string of the molecule is CNCCNC(=O)CCc1cccc(OC2CCCC2)c1.Cl. The number of likely N-dealkylation sites (N-methyl/N-ethyl adjacent to an activating group) is 1. The largest absolute Gasteiger partial charge is 0.490 e. The van der Waals surface area contributed by atoms with Crippen molar-refractivity contribution in [3.05, 3.63) is 29.8 Å². The van der Waals surface area contributed by atoms with Crippen LogP contribution < -0.4 is 15.4 Å². The first-order valence-corrected chi connectivity index (χ1v) is 7.95. The Kier molecular flexibility index (Phi) is 8.94. The second-order valence-electron chi connectivity index (χ2n) is 5.63. The zero-order valence-corrected chi connectivity index (χ0v) is 14.1. The summed E-state index contributed by atoms with van der Waals surface area (Å²) in [5, 5.41) is 5.90. The van der Waals surface area contributed by atoms with E-state index in [2.05, 4.69) is 22.8 Å². The number of amides is 1. The molecule has 124 valence electrons. The zero-order chi connectivity index (χ0) is 14.9. The van der Waals surface area contributed by atoms with Gasteiger partial charge in [-0.2, -0.15) is 0 Å². The van der Waals surface area contributed by atoms with Gasteiger partial charge in [0.15, 0.2) is 0 Å². The number of ether oxygens (including phenoxy) is 1. The molecule has 22 heavy (non-hydrogen) atoms. The van der Waals surface area contributed by atoms with Crippen LogP contribution in [0.25, 0.3) is 0 Å². The van der Waals surface area contributed by atoms with E-state index in [-0.39, 0.29) is 18.3 Å². The van der Waals surface area contributed by atoms with Gasteiger partial charge in [-0.15, -0.1) is 12.4 Å². The van der Waals surface area contributed by atoms with Crippen LogP contribution in [0.1, 0.15) is 37.7 Å². The predicted octanol–water partition coefficient (Wildman–Crippen LogP) is 2.70. The van der Waals surface area contributed by atoms with Crippen molar-refractivity contribution in [1.29, 1.82) is 0 Å². The van der Waals surface area contributed by atoms with Gasteiger partial charge in [0.25, 0.3) is 0 Å². The minimum Gasteiger partial charge on any atom is -0.490 e. The average Bonchev–Trinajstić information content (AvgIpc) is 2.99. The summed E-state index contributed by atoms with van der Waals surface area (Å²) in [6.45, 7) is 1.48. The number of carbonyl (C=O) groups is 1. The summed E-state index contributed by atoms with van der Waals surface area (Å²) in [7, 11) is 1.88. The third-order valence-electron chi connectivity index (χ3n) is 3.84. The summed E-state index contributed by atoms with van der Waals surface area (Å²) >= 11 is 0. The van der Waals surface area contributed by atoms with Gasteiger partial charge >= 0.3 is 0 Å². The summed E-state index contributed by atoms with van der Waals surface area (Å²) in [4.78, 5) is 11.7.